The van der Waals surface area contributed by atoms with E-state index in [0.29, 0.717) is 13.2 Å². The van der Waals surface area contributed by atoms with Crippen LogP contribution < -0.4 is 26.6 Å². The van der Waals surface area contributed by atoms with Crippen LogP contribution in [0.25, 0.3) is 0 Å². The number of benzene rings is 2. The van der Waals surface area contributed by atoms with Crippen LogP contribution in [-0.4, -0.2) is 21.6 Å². The number of nitrogen functional groups attached to an aromatic ring is 1. The lowest BCUT2D eigenvalue weighted by molar-refractivity contribution is 0.301. The fourth-order valence-electron chi connectivity index (χ4n) is 3.55. The number of nitrogens with zero attached hydrogens (tertiary/aromatic N) is 3. The minimum absolute atomic E-state index is 0.130. The van der Waals surface area contributed by atoms with Crippen LogP contribution in [0, 0.1) is 0 Å². The summed E-state index contributed by atoms with van der Waals surface area (Å²) in [6.45, 7) is 1.08. The van der Waals surface area contributed by atoms with E-state index in [0.717, 1.165) is 22.6 Å². The van der Waals surface area contributed by atoms with Crippen molar-refractivity contribution in [2.24, 2.45) is 0 Å². The molecule has 0 saturated carbocycles. The first-order valence-corrected chi connectivity index (χ1v) is 10.5. The van der Waals surface area contributed by atoms with Gasteiger partial charge in [-0.2, -0.15) is 0 Å². The Bertz CT molecular complexity index is 1320. The zero-order chi connectivity index (χ0) is 23.2. The van der Waals surface area contributed by atoms with Crippen LogP contribution in [0.3, 0.4) is 0 Å². The number of anilines is 2. The van der Waals surface area contributed by atoms with Gasteiger partial charge in [0, 0.05) is 19.8 Å². The van der Waals surface area contributed by atoms with Crippen LogP contribution in [0.1, 0.15) is 16.8 Å². The van der Waals surface area contributed by atoms with Gasteiger partial charge >= 0.3 is 5.69 Å². The molecule has 0 bridgehead atoms. The molecule has 0 aliphatic carbocycles. The maximum atomic E-state index is 12.6. The van der Waals surface area contributed by atoms with Gasteiger partial charge in [0.2, 0.25) is 0 Å². The number of hydrogen-bond donors (Lipinski definition) is 2. The minimum Gasteiger partial charge on any atom is -0.487 e. The van der Waals surface area contributed by atoms with E-state index < -0.39 is 11.2 Å². The van der Waals surface area contributed by atoms with Gasteiger partial charge in [0.25, 0.3) is 5.56 Å². The van der Waals surface area contributed by atoms with Crippen molar-refractivity contribution in [3.8, 4) is 5.75 Å². The molecule has 0 amide bonds. The van der Waals surface area contributed by atoms with Crippen LogP contribution in [0.4, 0.5) is 11.5 Å². The highest BCUT2D eigenvalue weighted by Crippen LogP contribution is 2.20. The molecule has 8 nitrogen and oxygen atoms in total. The molecule has 0 atom stereocenters. The molecule has 0 unspecified atom stereocenters. The molecule has 2 aromatic heterocycles. The second kappa shape index (κ2) is 9.86. The standard InChI is InChI=1S/C25H25N5O3/c1-29(15-19-10-12-21(13-11-19)33-17-20-9-5-6-14-27-20)22-23(26)30(25(32)28-24(22)31)16-18-7-3-2-4-8-18/h2-14H,15-17,26H2,1H3,(H,28,31,32). The first-order chi connectivity index (χ1) is 16.0. The summed E-state index contributed by atoms with van der Waals surface area (Å²) in [5.74, 6) is 0.853. The van der Waals surface area contributed by atoms with E-state index in [2.05, 4.69) is 9.97 Å². The topological polar surface area (TPSA) is 106 Å². The van der Waals surface area contributed by atoms with Gasteiger partial charge in [-0.25, -0.2) is 4.79 Å². The second-order valence-electron chi connectivity index (χ2n) is 7.67. The maximum absolute atomic E-state index is 12.6. The van der Waals surface area contributed by atoms with Crippen LogP contribution >= 0.6 is 0 Å². The number of aromatic amines is 1. The largest absolute Gasteiger partial charge is 0.487 e. The highest BCUT2D eigenvalue weighted by molar-refractivity contribution is 5.62. The third-order valence-corrected chi connectivity index (χ3v) is 5.24. The first-order valence-electron chi connectivity index (χ1n) is 10.5. The fourth-order valence-corrected chi connectivity index (χ4v) is 3.55. The summed E-state index contributed by atoms with van der Waals surface area (Å²) < 4.78 is 7.14. The molecule has 8 heteroatoms. The maximum Gasteiger partial charge on any atom is 0.330 e. The van der Waals surface area contributed by atoms with Crippen molar-refractivity contribution in [3.63, 3.8) is 0 Å². The van der Waals surface area contributed by atoms with E-state index in [4.69, 9.17) is 10.5 Å². The first kappa shape index (κ1) is 21.9. The van der Waals surface area contributed by atoms with Crippen LogP contribution in [0.15, 0.2) is 88.6 Å². The molecule has 168 valence electrons. The predicted octanol–water partition coefficient (Wildman–Crippen LogP) is 2.78. The number of aromatic nitrogens is 3. The summed E-state index contributed by atoms with van der Waals surface area (Å²) >= 11 is 0. The number of hydrogen-bond acceptors (Lipinski definition) is 6. The molecule has 0 saturated heterocycles. The van der Waals surface area contributed by atoms with Crippen molar-refractivity contribution in [1.82, 2.24) is 14.5 Å². The third-order valence-electron chi connectivity index (χ3n) is 5.24. The number of nitrogens with two attached hydrogens (primary N) is 1. The minimum atomic E-state index is -0.534. The molecular formula is C25H25N5O3. The Kier molecular flexibility index (Phi) is 6.54. The van der Waals surface area contributed by atoms with Gasteiger partial charge in [-0.15, -0.1) is 0 Å². The molecule has 4 rings (SSSR count). The molecule has 0 fully saturated rings. The summed E-state index contributed by atoms with van der Waals surface area (Å²) in [5.41, 5.74) is 8.20. The average Bonchev–Trinajstić information content (AvgIpc) is 2.82. The Morgan fingerprint density at radius 2 is 1.70 bits per heavy atom. The molecule has 3 N–H and O–H groups in total. The lowest BCUT2D eigenvalue weighted by atomic mass is 10.2. The Morgan fingerprint density at radius 3 is 2.39 bits per heavy atom. The van der Waals surface area contributed by atoms with Crippen molar-refractivity contribution in [2.45, 2.75) is 19.7 Å². The van der Waals surface area contributed by atoms with Gasteiger partial charge in [0.15, 0.2) is 0 Å². The number of nitrogens with one attached hydrogen (secondary N) is 1. The summed E-state index contributed by atoms with van der Waals surface area (Å²) in [6.07, 6.45) is 1.73. The van der Waals surface area contributed by atoms with Crippen LogP contribution in [0.2, 0.25) is 0 Å². The summed E-state index contributed by atoms with van der Waals surface area (Å²) in [4.78, 5) is 33.3. The van der Waals surface area contributed by atoms with Crippen LogP contribution in [0.5, 0.6) is 5.75 Å². The molecule has 0 radical (unpaired) electrons. The van der Waals surface area contributed by atoms with Crippen molar-refractivity contribution in [2.75, 3.05) is 17.7 Å². The highest BCUT2D eigenvalue weighted by atomic mass is 16.5. The van der Waals surface area contributed by atoms with Gasteiger partial charge in [-0.3, -0.25) is 19.3 Å². The number of H-pyrrole nitrogens is 1. The zero-order valence-electron chi connectivity index (χ0n) is 18.3. The van der Waals surface area contributed by atoms with Gasteiger partial charge in [0.05, 0.1) is 12.2 Å². The predicted molar refractivity (Wildman–Crippen MR) is 128 cm³/mol. The molecule has 2 aromatic carbocycles. The Balaban J connectivity index is 1.48. The normalized spacial score (nSPS) is 10.7. The fraction of sp³-hybridized carbons (Fsp3) is 0.160. The Hall–Kier alpha value is -4.33. The van der Waals surface area contributed by atoms with E-state index >= 15 is 0 Å². The SMILES string of the molecule is CN(Cc1ccc(OCc2ccccn2)cc1)c1c(N)n(Cc2ccccc2)c(=O)[nH]c1=O. The number of pyridine rings is 1. The van der Waals surface area contributed by atoms with Gasteiger partial charge in [-0.1, -0.05) is 48.5 Å². The smallest absolute Gasteiger partial charge is 0.330 e. The average molecular weight is 444 g/mol. The van der Waals surface area contributed by atoms with Crippen molar-refractivity contribution < 1.29 is 4.74 Å². The van der Waals surface area contributed by atoms with Gasteiger partial charge in [-0.05, 0) is 35.4 Å². The second-order valence-corrected chi connectivity index (χ2v) is 7.67. The van der Waals surface area contributed by atoms with Crippen molar-refractivity contribution in [1.29, 1.82) is 0 Å². The molecule has 33 heavy (non-hydrogen) atoms. The van der Waals surface area contributed by atoms with Crippen molar-refractivity contribution in [3.05, 3.63) is 117 Å². The van der Waals surface area contributed by atoms with E-state index in [1.807, 2.05) is 72.8 Å². The van der Waals surface area contributed by atoms with Gasteiger partial charge < -0.3 is 15.4 Å². The number of rotatable bonds is 8. The zero-order valence-corrected chi connectivity index (χ0v) is 18.3. The Morgan fingerprint density at radius 1 is 0.970 bits per heavy atom. The molecule has 0 aliphatic heterocycles. The quantitative estimate of drug-likeness (QED) is 0.434. The third kappa shape index (κ3) is 5.30. The molecule has 2 heterocycles. The number of ether oxygens (including phenoxy) is 1. The van der Waals surface area contributed by atoms with Crippen LogP contribution in [-0.2, 0) is 19.7 Å². The summed E-state index contributed by atoms with van der Waals surface area (Å²) in [6, 6.07) is 22.8. The molecule has 0 spiro atoms. The Labute approximate surface area is 190 Å². The van der Waals surface area contributed by atoms with E-state index in [1.54, 1.807) is 18.1 Å². The lowest BCUT2D eigenvalue weighted by Crippen LogP contribution is -2.37. The summed E-state index contributed by atoms with van der Waals surface area (Å²) in [7, 11) is 1.77. The molecule has 0 aliphatic rings. The summed E-state index contributed by atoms with van der Waals surface area (Å²) in [5, 5.41) is 0. The monoisotopic (exact) mass is 443 g/mol. The van der Waals surface area contributed by atoms with E-state index in [1.165, 1.54) is 4.57 Å². The van der Waals surface area contributed by atoms with Crippen molar-refractivity contribution >= 4 is 11.5 Å². The lowest BCUT2D eigenvalue weighted by Gasteiger charge is -2.22. The highest BCUT2D eigenvalue weighted by Gasteiger charge is 2.17. The molecular weight excluding hydrogens is 418 g/mol. The molecule has 4 aromatic rings. The van der Waals surface area contributed by atoms with Gasteiger partial charge in [0.1, 0.15) is 23.9 Å². The van der Waals surface area contributed by atoms with E-state index in [-0.39, 0.29) is 18.1 Å². The van der Waals surface area contributed by atoms with E-state index in [9.17, 15) is 9.59 Å².